The van der Waals surface area contributed by atoms with Crippen LogP contribution in [0.1, 0.15) is 29.9 Å². The number of aryl methyl sites for hydroxylation is 2. The first-order valence-electron chi connectivity index (χ1n) is 11.8. The lowest BCUT2D eigenvalue weighted by Gasteiger charge is -2.17. The number of nitrogens with zero attached hydrogens (tertiary/aromatic N) is 3. The highest BCUT2D eigenvalue weighted by Crippen LogP contribution is 2.37. The Morgan fingerprint density at radius 3 is 2.64 bits per heavy atom. The van der Waals surface area contributed by atoms with Crippen molar-refractivity contribution < 1.29 is 29.0 Å². The number of thiophene rings is 1. The number of hydrogen-bond acceptors (Lipinski definition) is 10. The first-order valence-corrected chi connectivity index (χ1v) is 12.6. The van der Waals surface area contributed by atoms with Crippen LogP contribution in [0.4, 0.5) is 0 Å². The van der Waals surface area contributed by atoms with Crippen LogP contribution in [0.2, 0.25) is 0 Å². The molecule has 1 atom stereocenters. The number of hydrogen-bond donors (Lipinski definition) is 3. The molecule has 0 spiro atoms. The van der Waals surface area contributed by atoms with Gasteiger partial charge in [0.25, 0.3) is 5.89 Å². The lowest BCUT2D eigenvalue weighted by molar-refractivity contribution is -0.124. The Kier molecular flexibility index (Phi) is 9.82. The van der Waals surface area contributed by atoms with Gasteiger partial charge in [0.15, 0.2) is 11.5 Å². The number of aliphatic hydroxyl groups is 2. The van der Waals surface area contributed by atoms with Crippen molar-refractivity contribution in [3.63, 3.8) is 0 Å². The van der Waals surface area contributed by atoms with Gasteiger partial charge in [-0.25, -0.2) is 0 Å². The van der Waals surface area contributed by atoms with Crippen LogP contribution in [0.3, 0.4) is 0 Å². The van der Waals surface area contributed by atoms with Gasteiger partial charge in [-0.05, 0) is 56.3 Å². The van der Waals surface area contributed by atoms with Gasteiger partial charge in [-0.2, -0.15) is 4.98 Å². The minimum absolute atomic E-state index is 0.0384. The first kappa shape index (κ1) is 27.6. The molecular formula is C25H34N4O6S. The van der Waals surface area contributed by atoms with Crippen molar-refractivity contribution in [3.8, 4) is 33.7 Å². The molecule has 1 aromatic carbocycles. The quantitative estimate of drug-likeness (QED) is 0.313. The van der Waals surface area contributed by atoms with E-state index in [9.17, 15) is 9.90 Å². The normalized spacial score (nSPS) is 12.1. The van der Waals surface area contributed by atoms with E-state index >= 15 is 0 Å². The van der Waals surface area contributed by atoms with Crippen LogP contribution >= 0.6 is 11.3 Å². The summed E-state index contributed by atoms with van der Waals surface area (Å²) < 4.78 is 16.9. The number of carbonyl (C=O) groups excluding carboxylic acids is 1. The van der Waals surface area contributed by atoms with E-state index in [2.05, 4.69) is 47.2 Å². The summed E-state index contributed by atoms with van der Waals surface area (Å²) in [7, 11) is 1.52. The van der Waals surface area contributed by atoms with Crippen LogP contribution in [0.25, 0.3) is 22.2 Å². The average Bonchev–Trinajstić information content (AvgIpc) is 3.51. The molecule has 0 aliphatic rings. The standard InChI is InChI=1S/C25H34N4O6S/c1-6-29(7-2)12-21-15(3)9-20(36-21)25-27-24(28-35-25)17-8-16(4)23(19(10-17)33-5)34-14-18(31)11-26-22(32)13-30/h8-10,18,30-31H,6-7,11-14H2,1-5H3,(H,26,32)/t18-/m0/s1. The number of aliphatic hydroxyl groups excluding tert-OH is 2. The fourth-order valence-electron chi connectivity index (χ4n) is 3.61. The molecule has 0 fully saturated rings. The lowest BCUT2D eigenvalue weighted by atomic mass is 10.1. The smallest absolute Gasteiger partial charge is 0.268 e. The Bertz CT molecular complexity index is 1160. The highest BCUT2D eigenvalue weighted by atomic mass is 32.1. The number of methoxy groups -OCH3 is 1. The molecule has 3 rings (SSSR count). The zero-order valence-electron chi connectivity index (χ0n) is 21.3. The van der Waals surface area contributed by atoms with Crippen molar-refractivity contribution in [1.82, 2.24) is 20.4 Å². The number of benzene rings is 1. The van der Waals surface area contributed by atoms with Gasteiger partial charge in [0.1, 0.15) is 19.3 Å². The molecule has 0 bridgehead atoms. The van der Waals surface area contributed by atoms with E-state index in [1.54, 1.807) is 17.4 Å². The molecule has 3 N–H and O–H groups in total. The molecule has 196 valence electrons. The third kappa shape index (κ3) is 6.82. The Morgan fingerprint density at radius 1 is 1.22 bits per heavy atom. The van der Waals surface area contributed by atoms with Crippen LogP contribution < -0.4 is 14.8 Å². The summed E-state index contributed by atoms with van der Waals surface area (Å²) in [5.74, 6) is 1.25. The first-order chi connectivity index (χ1) is 17.3. The van der Waals surface area contributed by atoms with E-state index in [0.717, 1.165) is 30.1 Å². The minimum Gasteiger partial charge on any atom is -0.493 e. The van der Waals surface area contributed by atoms with Crippen LogP contribution in [0.5, 0.6) is 11.5 Å². The van der Waals surface area contributed by atoms with Gasteiger partial charge < -0.3 is 29.5 Å². The minimum atomic E-state index is -0.954. The molecule has 0 aliphatic heterocycles. The van der Waals surface area contributed by atoms with Crippen molar-refractivity contribution in [2.75, 3.05) is 40.0 Å². The summed E-state index contributed by atoms with van der Waals surface area (Å²) in [6.45, 7) is 10.4. The van der Waals surface area contributed by atoms with E-state index in [1.165, 1.54) is 17.6 Å². The van der Waals surface area contributed by atoms with E-state index in [1.807, 2.05) is 13.0 Å². The molecule has 0 aliphatic carbocycles. The Balaban J connectivity index is 1.75. The van der Waals surface area contributed by atoms with Gasteiger partial charge >= 0.3 is 0 Å². The van der Waals surface area contributed by atoms with Crippen molar-refractivity contribution in [2.45, 2.75) is 40.3 Å². The fraction of sp³-hybridized carbons (Fsp3) is 0.480. The molecular weight excluding hydrogens is 484 g/mol. The maximum absolute atomic E-state index is 11.1. The number of amides is 1. The number of aromatic nitrogens is 2. The Labute approximate surface area is 214 Å². The Hall–Kier alpha value is -2.99. The lowest BCUT2D eigenvalue weighted by Crippen LogP contribution is -2.36. The second-order valence-corrected chi connectivity index (χ2v) is 9.49. The largest absolute Gasteiger partial charge is 0.493 e. The molecule has 2 heterocycles. The number of carbonyl (C=O) groups is 1. The molecule has 1 amide bonds. The molecule has 36 heavy (non-hydrogen) atoms. The summed E-state index contributed by atoms with van der Waals surface area (Å²) >= 11 is 1.66. The second kappa shape index (κ2) is 12.8. The maximum Gasteiger partial charge on any atom is 0.268 e. The molecule has 10 nitrogen and oxygen atoms in total. The molecule has 2 aromatic heterocycles. The zero-order valence-corrected chi connectivity index (χ0v) is 22.1. The number of ether oxygens (including phenoxy) is 2. The highest BCUT2D eigenvalue weighted by molar-refractivity contribution is 7.15. The highest BCUT2D eigenvalue weighted by Gasteiger charge is 2.19. The number of nitrogens with one attached hydrogen (secondary N) is 1. The van der Waals surface area contributed by atoms with Crippen molar-refractivity contribution >= 4 is 17.2 Å². The summed E-state index contributed by atoms with van der Waals surface area (Å²) in [6, 6.07) is 5.69. The SMILES string of the molecule is CCN(CC)Cc1sc(-c2nc(-c3cc(C)c(OC[C@@H](O)CNC(=O)CO)c(OC)c3)no2)cc1C. The molecule has 11 heteroatoms. The maximum atomic E-state index is 11.1. The van der Waals surface area contributed by atoms with Crippen molar-refractivity contribution in [3.05, 3.63) is 34.2 Å². The van der Waals surface area contributed by atoms with Gasteiger partial charge in [0.05, 0.1) is 12.0 Å². The van der Waals surface area contributed by atoms with Crippen LogP contribution in [0, 0.1) is 13.8 Å². The van der Waals surface area contributed by atoms with Crippen LogP contribution in [-0.4, -0.2) is 77.2 Å². The topological polar surface area (TPSA) is 130 Å². The Morgan fingerprint density at radius 2 is 1.97 bits per heavy atom. The molecule has 0 saturated heterocycles. The third-order valence-corrected chi connectivity index (χ3v) is 6.95. The number of rotatable bonds is 13. The zero-order chi connectivity index (χ0) is 26.2. The summed E-state index contributed by atoms with van der Waals surface area (Å²) in [5.41, 5.74) is 2.67. The monoisotopic (exact) mass is 518 g/mol. The molecule has 0 saturated carbocycles. The third-order valence-electron chi connectivity index (χ3n) is 5.74. The fourth-order valence-corrected chi connectivity index (χ4v) is 4.74. The van der Waals surface area contributed by atoms with Gasteiger partial charge in [0, 0.05) is 23.5 Å². The van der Waals surface area contributed by atoms with Crippen LogP contribution in [-0.2, 0) is 11.3 Å². The van der Waals surface area contributed by atoms with Crippen molar-refractivity contribution in [1.29, 1.82) is 0 Å². The molecule has 0 radical (unpaired) electrons. The van der Waals surface area contributed by atoms with E-state index in [0.29, 0.717) is 28.8 Å². The predicted octanol–water partition coefficient (Wildman–Crippen LogP) is 2.78. The van der Waals surface area contributed by atoms with E-state index < -0.39 is 18.6 Å². The molecule has 3 aromatic rings. The second-order valence-electron chi connectivity index (χ2n) is 8.35. The summed E-state index contributed by atoms with van der Waals surface area (Å²) in [4.78, 5) is 20.3. The van der Waals surface area contributed by atoms with E-state index in [-0.39, 0.29) is 13.2 Å². The van der Waals surface area contributed by atoms with Gasteiger partial charge in [-0.3, -0.25) is 9.69 Å². The van der Waals surface area contributed by atoms with Gasteiger partial charge in [-0.1, -0.05) is 19.0 Å². The van der Waals surface area contributed by atoms with Crippen molar-refractivity contribution in [2.24, 2.45) is 0 Å². The van der Waals surface area contributed by atoms with E-state index in [4.69, 9.17) is 19.1 Å². The van der Waals surface area contributed by atoms with Gasteiger partial charge in [-0.15, -0.1) is 11.3 Å². The van der Waals surface area contributed by atoms with Gasteiger partial charge in [0.2, 0.25) is 11.7 Å². The summed E-state index contributed by atoms with van der Waals surface area (Å²) in [5, 5.41) is 25.4. The molecule has 0 unspecified atom stereocenters. The summed E-state index contributed by atoms with van der Waals surface area (Å²) in [6.07, 6.45) is -0.954. The van der Waals surface area contributed by atoms with Crippen LogP contribution in [0.15, 0.2) is 22.7 Å². The predicted molar refractivity (Wildman–Crippen MR) is 137 cm³/mol. The average molecular weight is 519 g/mol.